The van der Waals surface area contributed by atoms with Crippen molar-refractivity contribution in [3.63, 3.8) is 0 Å². The van der Waals surface area contributed by atoms with E-state index in [0.29, 0.717) is 24.1 Å². The lowest BCUT2D eigenvalue weighted by atomic mass is 9.60. The van der Waals surface area contributed by atoms with Crippen LogP contribution < -0.4 is 0 Å². The molecule has 0 amide bonds. The molecule has 3 rings (SSSR count). The molecular formula is C26H33FN2. The highest BCUT2D eigenvalue weighted by Gasteiger charge is 2.45. The molecule has 3 heteroatoms. The Hall–Kier alpha value is -2.18. The van der Waals surface area contributed by atoms with Crippen LogP contribution in [0.2, 0.25) is 0 Å². The van der Waals surface area contributed by atoms with Crippen molar-refractivity contribution in [3.8, 4) is 6.07 Å². The predicted octanol–water partition coefficient (Wildman–Crippen LogP) is 6.47. The summed E-state index contributed by atoms with van der Waals surface area (Å²) < 4.78 is 14.7. The lowest BCUT2D eigenvalue weighted by Crippen LogP contribution is -2.42. The van der Waals surface area contributed by atoms with Crippen molar-refractivity contribution in [2.75, 3.05) is 0 Å². The number of rotatable bonds is 9. The SMILES string of the molecule is CC(C)N(Cc1ccccc1)C(C)CCC(C#N)(c1ccccc1F)C1CCC1. The summed E-state index contributed by atoms with van der Waals surface area (Å²) in [4.78, 5) is 2.49. The summed E-state index contributed by atoms with van der Waals surface area (Å²) in [6, 6.07) is 20.7. The van der Waals surface area contributed by atoms with E-state index in [4.69, 9.17) is 0 Å². The number of benzene rings is 2. The van der Waals surface area contributed by atoms with Gasteiger partial charge in [0.2, 0.25) is 0 Å². The van der Waals surface area contributed by atoms with Crippen LogP contribution in [0.3, 0.4) is 0 Å². The Labute approximate surface area is 175 Å². The molecule has 1 aliphatic carbocycles. The summed E-state index contributed by atoms with van der Waals surface area (Å²) in [6.07, 6.45) is 4.77. The summed E-state index contributed by atoms with van der Waals surface area (Å²) >= 11 is 0. The first-order chi connectivity index (χ1) is 14.0. The van der Waals surface area contributed by atoms with Crippen LogP contribution >= 0.6 is 0 Å². The maximum absolute atomic E-state index is 14.7. The Balaban J connectivity index is 1.79. The van der Waals surface area contributed by atoms with Gasteiger partial charge in [-0.2, -0.15) is 5.26 Å². The van der Waals surface area contributed by atoms with E-state index in [9.17, 15) is 9.65 Å². The topological polar surface area (TPSA) is 27.0 Å². The summed E-state index contributed by atoms with van der Waals surface area (Å²) in [5.41, 5.74) is 1.18. The second kappa shape index (κ2) is 9.55. The fourth-order valence-electron chi connectivity index (χ4n) is 4.73. The Morgan fingerprint density at radius 3 is 2.28 bits per heavy atom. The highest BCUT2D eigenvalue weighted by Crippen LogP contribution is 2.47. The van der Waals surface area contributed by atoms with E-state index in [1.54, 1.807) is 6.07 Å². The first-order valence-corrected chi connectivity index (χ1v) is 10.9. The molecule has 2 aromatic rings. The summed E-state index contributed by atoms with van der Waals surface area (Å²) in [7, 11) is 0. The first-order valence-electron chi connectivity index (χ1n) is 10.9. The number of nitriles is 1. The minimum absolute atomic E-state index is 0.237. The van der Waals surface area contributed by atoms with E-state index < -0.39 is 5.41 Å². The van der Waals surface area contributed by atoms with Gasteiger partial charge in [0.1, 0.15) is 5.82 Å². The minimum Gasteiger partial charge on any atom is -0.294 e. The Morgan fingerprint density at radius 2 is 1.72 bits per heavy atom. The van der Waals surface area contributed by atoms with Crippen LogP contribution in [0.5, 0.6) is 0 Å². The molecule has 154 valence electrons. The smallest absolute Gasteiger partial charge is 0.128 e. The van der Waals surface area contributed by atoms with Gasteiger partial charge in [-0.3, -0.25) is 4.90 Å². The normalized spacial score (nSPS) is 17.6. The number of hydrogen-bond acceptors (Lipinski definition) is 2. The van der Waals surface area contributed by atoms with Gasteiger partial charge in [-0.1, -0.05) is 55.0 Å². The second-order valence-electron chi connectivity index (χ2n) is 8.83. The molecule has 0 spiro atoms. The molecule has 0 aromatic heterocycles. The number of nitrogens with zero attached hydrogens (tertiary/aromatic N) is 2. The van der Waals surface area contributed by atoms with Crippen LogP contribution in [0.1, 0.15) is 64.0 Å². The largest absolute Gasteiger partial charge is 0.294 e. The molecule has 1 aliphatic rings. The third-order valence-corrected chi connectivity index (χ3v) is 6.75. The van der Waals surface area contributed by atoms with Crippen molar-refractivity contribution in [3.05, 3.63) is 71.5 Å². The van der Waals surface area contributed by atoms with Crippen molar-refractivity contribution in [1.29, 1.82) is 5.26 Å². The van der Waals surface area contributed by atoms with E-state index in [-0.39, 0.29) is 11.7 Å². The Kier molecular flexibility index (Phi) is 7.09. The maximum Gasteiger partial charge on any atom is 0.128 e. The Morgan fingerprint density at radius 1 is 1.07 bits per heavy atom. The number of halogens is 1. The average molecular weight is 393 g/mol. The number of hydrogen-bond donors (Lipinski definition) is 0. The summed E-state index contributed by atoms with van der Waals surface area (Å²) in [5.74, 6) is 0.0248. The summed E-state index contributed by atoms with van der Waals surface area (Å²) in [5, 5.41) is 10.3. The van der Waals surface area contributed by atoms with Crippen LogP contribution in [0.15, 0.2) is 54.6 Å². The van der Waals surface area contributed by atoms with Crippen LogP contribution in [0.25, 0.3) is 0 Å². The maximum atomic E-state index is 14.7. The molecule has 1 fully saturated rings. The lowest BCUT2D eigenvalue weighted by molar-refractivity contribution is 0.125. The molecule has 0 N–H and O–H groups in total. The lowest BCUT2D eigenvalue weighted by Gasteiger charge is -2.42. The third kappa shape index (κ3) is 4.70. The molecule has 0 aliphatic heterocycles. The van der Waals surface area contributed by atoms with E-state index in [1.807, 2.05) is 18.2 Å². The fourth-order valence-corrected chi connectivity index (χ4v) is 4.73. The standard InChI is InChI=1S/C26H33FN2/c1-20(2)29(18-22-10-5-4-6-11-22)21(3)16-17-26(19-28,23-12-9-13-23)24-14-7-8-15-25(24)27/h4-8,10-11,14-15,20-21,23H,9,12-13,16-18H2,1-3H3. The van der Waals surface area contributed by atoms with Crippen LogP contribution in [-0.2, 0) is 12.0 Å². The van der Waals surface area contributed by atoms with Gasteiger partial charge in [0.25, 0.3) is 0 Å². The van der Waals surface area contributed by atoms with Crippen molar-refractivity contribution in [2.24, 2.45) is 5.92 Å². The zero-order chi connectivity index (χ0) is 20.9. The Bertz CT molecular complexity index is 822. The molecule has 29 heavy (non-hydrogen) atoms. The fraction of sp³-hybridized carbons (Fsp3) is 0.500. The molecule has 0 radical (unpaired) electrons. The van der Waals surface area contributed by atoms with Gasteiger partial charge in [-0.25, -0.2) is 4.39 Å². The molecule has 2 unspecified atom stereocenters. The molecule has 2 aromatic carbocycles. The van der Waals surface area contributed by atoms with Gasteiger partial charge in [-0.05, 0) is 64.0 Å². The molecule has 0 bridgehead atoms. The molecule has 0 heterocycles. The average Bonchev–Trinajstić information content (AvgIpc) is 2.68. The van der Waals surface area contributed by atoms with Gasteiger partial charge in [0.15, 0.2) is 0 Å². The van der Waals surface area contributed by atoms with Crippen molar-refractivity contribution < 1.29 is 4.39 Å². The quantitative estimate of drug-likeness (QED) is 0.489. The van der Waals surface area contributed by atoms with Crippen molar-refractivity contribution in [1.82, 2.24) is 4.90 Å². The monoisotopic (exact) mass is 392 g/mol. The molecular weight excluding hydrogens is 359 g/mol. The zero-order valence-corrected chi connectivity index (χ0v) is 17.9. The van der Waals surface area contributed by atoms with E-state index in [1.165, 1.54) is 11.6 Å². The molecule has 0 saturated heterocycles. The van der Waals surface area contributed by atoms with Gasteiger partial charge in [0, 0.05) is 24.2 Å². The zero-order valence-electron chi connectivity index (χ0n) is 17.9. The van der Waals surface area contributed by atoms with Gasteiger partial charge in [0.05, 0.1) is 11.5 Å². The second-order valence-corrected chi connectivity index (χ2v) is 8.83. The van der Waals surface area contributed by atoms with Gasteiger partial charge in [-0.15, -0.1) is 0 Å². The van der Waals surface area contributed by atoms with Gasteiger partial charge < -0.3 is 0 Å². The third-order valence-electron chi connectivity index (χ3n) is 6.75. The van der Waals surface area contributed by atoms with E-state index in [2.05, 4.69) is 56.0 Å². The van der Waals surface area contributed by atoms with E-state index >= 15 is 0 Å². The molecule has 2 atom stereocenters. The van der Waals surface area contributed by atoms with Crippen LogP contribution in [0.4, 0.5) is 4.39 Å². The highest BCUT2D eigenvalue weighted by atomic mass is 19.1. The van der Waals surface area contributed by atoms with E-state index in [0.717, 1.165) is 32.2 Å². The van der Waals surface area contributed by atoms with Gasteiger partial charge >= 0.3 is 0 Å². The molecule has 2 nitrogen and oxygen atoms in total. The van der Waals surface area contributed by atoms with Crippen molar-refractivity contribution in [2.45, 2.75) is 76.9 Å². The van der Waals surface area contributed by atoms with Crippen molar-refractivity contribution >= 4 is 0 Å². The highest BCUT2D eigenvalue weighted by molar-refractivity contribution is 5.35. The summed E-state index contributed by atoms with van der Waals surface area (Å²) in [6.45, 7) is 7.58. The van der Waals surface area contributed by atoms with Crippen LogP contribution in [0, 0.1) is 23.1 Å². The molecule has 1 saturated carbocycles. The van der Waals surface area contributed by atoms with Crippen LogP contribution in [-0.4, -0.2) is 17.0 Å². The predicted molar refractivity (Wildman–Crippen MR) is 117 cm³/mol. The minimum atomic E-state index is -0.715. The first kappa shape index (κ1) is 21.5.